The number of amides is 1. The molecule has 0 unspecified atom stereocenters. The molecule has 1 fully saturated rings. The van der Waals surface area contributed by atoms with Crippen LogP contribution in [0, 0.1) is 0 Å². The summed E-state index contributed by atoms with van der Waals surface area (Å²) >= 11 is 12.0. The maximum absolute atomic E-state index is 12.0. The number of rotatable bonds is 6. The van der Waals surface area contributed by atoms with Gasteiger partial charge in [-0.05, 0) is 12.1 Å². The first kappa shape index (κ1) is 17.3. The fraction of sp³-hybridized carbons (Fsp3) is 0.533. The number of morpholine rings is 1. The van der Waals surface area contributed by atoms with Crippen LogP contribution in [-0.2, 0) is 16.0 Å². The third-order valence-corrected chi connectivity index (χ3v) is 3.99. The summed E-state index contributed by atoms with van der Waals surface area (Å²) in [5.74, 6) is 0.416. The van der Waals surface area contributed by atoms with Crippen molar-refractivity contribution in [3.63, 3.8) is 0 Å². The van der Waals surface area contributed by atoms with E-state index in [9.17, 15) is 4.79 Å². The van der Waals surface area contributed by atoms with E-state index in [4.69, 9.17) is 32.7 Å². The summed E-state index contributed by atoms with van der Waals surface area (Å²) in [5.41, 5.74) is 0.684. The molecular weight excluding hydrogens is 327 g/mol. The van der Waals surface area contributed by atoms with Gasteiger partial charge in [0.05, 0.1) is 31.8 Å². The summed E-state index contributed by atoms with van der Waals surface area (Å²) in [6.45, 7) is 4.76. The molecule has 0 aliphatic carbocycles. The summed E-state index contributed by atoms with van der Waals surface area (Å²) in [6, 6.07) is 3.30. The lowest BCUT2D eigenvalue weighted by Gasteiger charge is -2.26. The van der Waals surface area contributed by atoms with Gasteiger partial charge in [-0.3, -0.25) is 9.69 Å². The zero-order valence-electron chi connectivity index (χ0n) is 12.5. The van der Waals surface area contributed by atoms with Crippen LogP contribution in [0.4, 0.5) is 0 Å². The van der Waals surface area contributed by atoms with Gasteiger partial charge in [0, 0.05) is 36.8 Å². The molecule has 1 aliphatic heterocycles. The van der Waals surface area contributed by atoms with Crippen molar-refractivity contribution in [2.75, 3.05) is 46.5 Å². The number of halogens is 2. The van der Waals surface area contributed by atoms with Crippen LogP contribution in [0.2, 0.25) is 10.0 Å². The summed E-state index contributed by atoms with van der Waals surface area (Å²) in [4.78, 5) is 14.3. The third-order valence-electron chi connectivity index (χ3n) is 3.49. The van der Waals surface area contributed by atoms with E-state index < -0.39 is 0 Å². The van der Waals surface area contributed by atoms with Gasteiger partial charge in [0.25, 0.3) is 0 Å². The minimum Gasteiger partial charge on any atom is -0.495 e. The van der Waals surface area contributed by atoms with Crippen LogP contribution in [-0.4, -0.2) is 57.3 Å². The molecule has 22 heavy (non-hydrogen) atoms. The monoisotopic (exact) mass is 346 g/mol. The van der Waals surface area contributed by atoms with E-state index in [0.29, 0.717) is 27.9 Å². The van der Waals surface area contributed by atoms with Gasteiger partial charge in [-0.25, -0.2) is 0 Å². The van der Waals surface area contributed by atoms with Crippen molar-refractivity contribution in [1.29, 1.82) is 0 Å². The minimum atomic E-state index is -0.0788. The molecule has 1 heterocycles. The van der Waals surface area contributed by atoms with Crippen LogP contribution >= 0.6 is 23.2 Å². The van der Waals surface area contributed by atoms with Crippen molar-refractivity contribution in [2.24, 2.45) is 0 Å². The van der Waals surface area contributed by atoms with E-state index in [2.05, 4.69) is 10.2 Å². The summed E-state index contributed by atoms with van der Waals surface area (Å²) < 4.78 is 10.5. The van der Waals surface area contributed by atoms with Crippen LogP contribution in [0.15, 0.2) is 12.1 Å². The minimum absolute atomic E-state index is 0.0788. The first-order valence-corrected chi connectivity index (χ1v) is 7.94. The Morgan fingerprint density at radius 3 is 2.77 bits per heavy atom. The molecule has 0 saturated carbocycles. The SMILES string of the molecule is COc1c(Cl)cc(Cl)cc1CC(=O)NCCN1CCOCC1. The van der Waals surface area contributed by atoms with Gasteiger partial charge in [-0.2, -0.15) is 0 Å². The van der Waals surface area contributed by atoms with Crippen molar-refractivity contribution in [2.45, 2.75) is 6.42 Å². The van der Waals surface area contributed by atoms with Crippen molar-refractivity contribution in [3.05, 3.63) is 27.7 Å². The molecule has 2 rings (SSSR count). The zero-order valence-corrected chi connectivity index (χ0v) is 14.0. The van der Waals surface area contributed by atoms with Crippen LogP contribution < -0.4 is 10.1 Å². The quantitative estimate of drug-likeness (QED) is 0.855. The van der Waals surface area contributed by atoms with Gasteiger partial charge >= 0.3 is 0 Å². The molecule has 0 atom stereocenters. The molecule has 1 saturated heterocycles. The molecule has 1 N–H and O–H groups in total. The number of methoxy groups -OCH3 is 1. The Morgan fingerprint density at radius 2 is 2.09 bits per heavy atom. The fourth-order valence-corrected chi connectivity index (χ4v) is 3.00. The molecule has 0 spiro atoms. The highest BCUT2D eigenvalue weighted by Gasteiger charge is 2.14. The van der Waals surface area contributed by atoms with Crippen molar-refractivity contribution < 1.29 is 14.3 Å². The van der Waals surface area contributed by atoms with Gasteiger partial charge in [0.1, 0.15) is 5.75 Å². The second kappa shape index (κ2) is 8.58. The Balaban J connectivity index is 1.84. The molecule has 5 nitrogen and oxygen atoms in total. The van der Waals surface area contributed by atoms with E-state index in [-0.39, 0.29) is 12.3 Å². The molecule has 7 heteroatoms. The summed E-state index contributed by atoms with van der Waals surface area (Å²) in [7, 11) is 1.52. The predicted molar refractivity (Wildman–Crippen MR) is 87.0 cm³/mol. The standard InChI is InChI=1S/C15H20Cl2N2O3/c1-21-15-11(8-12(16)10-13(15)17)9-14(20)18-2-3-19-4-6-22-7-5-19/h8,10H,2-7,9H2,1H3,(H,18,20). The largest absolute Gasteiger partial charge is 0.495 e. The van der Waals surface area contributed by atoms with Crippen LogP contribution in [0.3, 0.4) is 0 Å². The average Bonchev–Trinajstić information content (AvgIpc) is 2.48. The van der Waals surface area contributed by atoms with E-state index in [0.717, 1.165) is 32.8 Å². The highest BCUT2D eigenvalue weighted by Crippen LogP contribution is 2.32. The molecule has 0 radical (unpaired) electrons. The lowest BCUT2D eigenvalue weighted by atomic mass is 10.1. The van der Waals surface area contributed by atoms with Gasteiger partial charge in [-0.15, -0.1) is 0 Å². The maximum atomic E-state index is 12.0. The normalized spacial score (nSPS) is 15.6. The van der Waals surface area contributed by atoms with Crippen LogP contribution in [0.5, 0.6) is 5.75 Å². The number of benzene rings is 1. The molecular formula is C15H20Cl2N2O3. The van der Waals surface area contributed by atoms with Gasteiger partial charge in [-0.1, -0.05) is 23.2 Å². The maximum Gasteiger partial charge on any atom is 0.224 e. The van der Waals surface area contributed by atoms with E-state index in [1.54, 1.807) is 12.1 Å². The third kappa shape index (κ3) is 5.02. The Hall–Kier alpha value is -1.01. The highest BCUT2D eigenvalue weighted by atomic mass is 35.5. The lowest BCUT2D eigenvalue weighted by molar-refractivity contribution is -0.120. The van der Waals surface area contributed by atoms with Crippen molar-refractivity contribution in [1.82, 2.24) is 10.2 Å². The molecule has 1 aliphatic rings. The molecule has 1 aromatic carbocycles. The second-order valence-electron chi connectivity index (χ2n) is 5.06. The zero-order chi connectivity index (χ0) is 15.9. The smallest absolute Gasteiger partial charge is 0.224 e. The van der Waals surface area contributed by atoms with E-state index in [1.165, 1.54) is 7.11 Å². The highest BCUT2D eigenvalue weighted by molar-refractivity contribution is 6.35. The average molecular weight is 347 g/mol. The molecule has 122 valence electrons. The number of ether oxygens (including phenoxy) is 2. The topological polar surface area (TPSA) is 50.8 Å². The second-order valence-corrected chi connectivity index (χ2v) is 5.90. The first-order valence-electron chi connectivity index (χ1n) is 7.19. The van der Waals surface area contributed by atoms with Crippen molar-refractivity contribution in [3.8, 4) is 5.75 Å². The Kier molecular flexibility index (Phi) is 6.76. The van der Waals surface area contributed by atoms with Gasteiger partial charge in [0.15, 0.2) is 0 Å². The number of hydrogen-bond donors (Lipinski definition) is 1. The van der Waals surface area contributed by atoms with Crippen LogP contribution in [0.25, 0.3) is 0 Å². The first-order chi connectivity index (χ1) is 10.6. The molecule has 0 aromatic heterocycles. The van der Waals surface area contributed by atoms with Gasteiger partial charge < -0.3 is 14.8 Å². The molecule has 1 aromatic rings. The molecule has 1 amide bonds. The number of carbonyl (C=O) groups is 1. The summed E-state index contributed by atoms with van der Waals surface area (Å²) in [6.07, 6.45) is 0.187. The number of nitrogens with one attached hydrogen (secondary N) is 1. The predicted octanol–water partition coefficient (Wildman–Crippen LogP) is 1.99. The van der Waals surface area contributed by atoms with Crippen molar-refractivity contribution >= 4 is 29.1 Å². The number of carbonyl (C=O) groups excluding carboxylic acids is 1. The number of hydrogen-bond acceptors (Lipinski definition) is 4. The summed E-state index contributed by atoms with van der Waals surface area (Å²) in [5, 5.41) is 3.80. The number of nitrogens with zero attached hydrogens (tertiary/aromatic N) is 1. The Labute approximate surface area is 140 Å². The Bertz CT molecular complexity index is 520. The fourth-order valence-electron chi connectivity index (χ4n) is 2.39. The van der Waals surface area contributed by atoms with Crippen LogP contribution in [0.1, 0.15) is 5.56 Å². The molecule has 0 bridgehead atoms. The van der Waals surface area contributed by atoms with Gasteiger partial charge in [0.2, 0.25) is 5.91 Å². The Morgan fingerprint density at radius 1 is 1.36 bits per heavy atom. The van der Waals surface area contributed by atoms with E-state index >= 15 is 0 Å². The van der Waals surface area contributed by atoms with E-state index in [1.807, 2.05) is 0 Å². The lowest BCUT2D eigenvalue weighted by Crippen LogP contribution is -2.41.